The van der Waals surface area contributed by atoms with Crippen LogP contribution < -0.4 is 5.32 Å². The van der Waals surface area contributed by atoms with Gasteiger partial charge in [0.25, 0.3) is 5.91 Å². The molecule has 1 N–H and O–H groups in total. The molecule has 142 valence electrons. The highest BCUT2D eigenvalue weighted by Crippen LogP contribution is 2.33. The molecular weight excluding hydrogens is 342 g/mol. The van der Waals surface area contributed by atoms with Crippen molar-refractivity contribution in [1.82, 2.24) is 15.2 Å². The summed E-state index contributed by atoms with van der Waals surface area (Å²) in [5.74, 6) is 1.03. The first kappa shape index (κ1) is 17.8. The van der Waals surface area contributed by atoms with E-state index in [1.807, 2.05) is 37.3 Å². The summed E-state index contributed by atoms with van der Waals surface area (Å²) in [6.45, 7) is 1.97. The van der Waals surface area contributed by atoms with Gasteiger partial charge >= 0.3 is 6.03 Å². The van der Waals surface area contributed by atoms with Crippen LogP contribution in [0.25, 0.3) is 11.5 Å². The predicted octanol–water partition coefficient (Wildman–Crippen LogP) is 4.18. The zero-order chi connectivity index (χ0) is 18.9. The van der Waals surface area contributed by atoms with Crippen LogP contribution in [0.15, 0.2) is 34.7 Å². The number of aryl methyl sites for hydroxylation is 1. The first-order valence-corrected chi connectivity index (χ1v) is 9.75. The monoisotopic (exact) mass is 367 g/mol. The van der Waals surface area contributed by atoms with Gasteiger partial charge in [0.05, 0.1) is 6.54 Å². The minimum Gasteiger partial charge on any atom is -0.441 e. The van der Waals surface area contributed by atoms with Crippen molar-refractivity contribution in [1.29, 1.82) is 0 Å². The number of nitrogens with one attached hydrogen (secondary N) is 1. The van der Waals surface area contributed by atoms with Crippen molar-refractivity contribution in [2.45, 2.75) is 64.0 Å². The molecule has 2 aromatic rings. The number of urea groups is 1. The number of aromatic nitrogens is 1. The van der Waals surface area contributed by atoms with Crippen LogP contribution in [0.5, 0.6) is 0 Å². The van der Waals surface area contributed by atoms with E-state index in [4.69, 9.17) is 4.42 Å². The van der Waals surface area contributed by atoms with E-state index in [1.54, 1.807) is 0 Å². The fourth-order valence-electron chi connectivity index (χ4n) is 4.10. The molecule has 2 fully saturated rings. The molecule has 1 aromatic carbocycles. The van der Waals surface area contributed by atoms with Crippen LogP contribution in [-0.2, 0) is 11.3 Å². The molecule has 27 heavy (non-hydrogen) atoms. The van der Waals surface area contributed by atoms with Crippen molar-refractivity contribution in [3.63, 3.8) is 0 Å². The Morgan fingerprint density at radius 2 is 1.74 bits per heavy atom. The van der Waals surface area contributed by atoms with Crippen molar-refractivity contribution >= 4 is 11.9 Å². The fourth-order valence-corrected chi connectivity index (χ4v) is 4.10. The van der Waals surface area contributed by atoms with Gasteiger partial charge in [-0.2, -0.15) is 0 Å². The maximum absolute atomic E-state index is 13.1. The number of imide groups is 1. The zero-order valence-corrected chi connectivity index (χ0v) is 15.7. The Balaban J connectivity index is 1.55. The van der Waals surface area contributed by atoms with E-state index in [1.165, 1.54) is 11.3 Å². The van der Waals surface area contributed by atoms with Crippen molar-refractivity contribution in [2.75, 3.05) is 0 Å². The SMILES string of the molecule is Cc1oc(-c2ccccc2)nc1CN1C(=O)NC2(CCCCCCC2)C1=O. The summed E-state index contributed by atoms with van der Waals surface area (Å²) in [6.07, 6.45) is 6.84. The quantitative estimate of drug-likeness (QED) is 0.826. The molecule has 1 saturated carbocycles. The Hall–Kier alpha value is -2.63. The van der Waals surface area contributed by atoms with E-state index in [9.17, 15) is 9.59 Å². The smallest absolute Gasteiger partial charge is 0.325 e. The Bertz CT molecular complexity index is 836. The number of benzene rings is 1. The summed E-state index contributed by atoms with van der Waals surface area (Å²) in [5.41, 5.74) is 0.776. The Kier molecular flexibility index (Phi) is 4.72. The average molecular weight is 367 g/mol. The molecule has 0 bridgehead atoms. The lowest BCUT2D eigenvalue weighted by Gasteiger charge is -2.28. The van der Waals surface area contributed by atoms with E-state index in [-0.39, 0.29) is 18.5 Å². The van der Waals surface area contributed by atoms with Crippen LogP contribution in [0.3, 0.4) is 0 Å². The van der Waals surface area contributed by atoms with Gasteiger partial charge in [-0.3, -0.25) is 9.69 Å². The normalized spacial score (nSPS) is 19.8. The lowest BCUT2D eigenvalue weighted by Crippen LogP contribution is -2.47. The summed E-state index contributed by atoms with van der Waals surface area (Å²) < 4.78 is 5.77. The number of nitrogens with zero attached hydrogens (tertiary/aromatic N) is 2. The topological polar surface area (TPSA) is 75.4 Å². The zero-order valence-electron chi connectivity index (χ0n) is 15.7. The lowest BCUT2D eigenvalue weighted by atomic mass is 9.84. The van der Waals surface area contributed by atoms with Crippen molar-refractivity contribution in [3.05, 3.63) is 41.8 Å². The highest BCUT2D eigenvalue weighted by atomic mass is 16.4. The van der Waals surface area contributed by atoms with Gasteiger partial charge in [-0.15, -0.1) is 0 Å². The van der Waals surface area contributed by atoms with Gasteiger partial charge in [-0.05, 0) is 31.9 Å². The average Bonchev–Trinajstić information content (AvgIpc) is 3.13. The van der Waals surface area contributed by atoms with Gasteiger partial charge in [-0.25, -0.2) is 9.78 Å². The molecule has 1 saturated heterocycles. The van der Waals surface area contributed by atoms with Crippen LogP contribution in [-0.4, -0.2) is 27.4 Å². The Morgan fingerprint density at radius 3 is 2.44 bits per heavy atom. The number of rotatable bonds is 3. The highest BCUT2D eigenvalue weighted by molar-refractivity contribution is 6.06. The Labute approximate surface area is 159 Å². The maximum atomic E-state index is 13.1. The number of amides is 3. The summed E-state index contributed by atoms with van der Waals surface area (Å²) >= 11 is 0. The van der Waals surface area contributed by atoms with Crippen molar-refractivity contribution < 1.29 is 14.0 Å². The summed E-state index contributed by atoms with van der Waals surface area (Å²) in [5, 5.41) is 2.99. The number of oxazole rings is 1. The summed E-state index contributed by atoms with van der Waals surface area (Å²) in [4.78, 5) is 31.6. The molecule has 1 aliphatic carbocycles. The van der Waals surface area contributed by atoms with Crippen molar-refractivity contribution in [2.24, 2.45) is 0 Å². The molecule has 0 atom stereocenters. The standard InChI is InChI=1S/C21H25N3O3/c1-15-17(22-18(27-15)16-10-6-5-7-11-16)14-24-19(25)21(23-20(24)26)12-8-3-2-4-9-13-21/h5-7,10-11H,2-4,8-9,12-14H2,1H3,(H,23,26). The highest BCUT2D eigenvalue weighted by Gasteiger charge is 2.50. The van der Waals surface area contributed by atoms with Gasteiger partial charge in [-0.1, -0.05) is 50.3 Å². The van der Waals surface area contributed by atoms with E-state index in [0.29, 0.717) is 17.3 Å². The van der Waals surface area contributed by atoms with Crippen LogP contribution in [0, 0.1) is 6.92 Å². The van der Waals surface area contributed by atoms with Gasteiger partial charge in [0.15, 0.2) is 0 Å². The van der Waals surface area contributed by atoms with Gasteiger partial charge < -0.3 is 9.73 Å². The minimum absolute atomic E-state index is 0.113. The Morgan fingerprint density at radius 1 is 1.07 bits per heavy atom. The lowest BCUT2D eigenvalue weighted by molar-refractivity contribution is -0.132. The third-order valence-corrected chi connectivity index (χ3v) is 5.67. The molecule has 4 rings (SSSR count). The molecule has 0 radical (unpaired) electrons. The van der Waals surface area contributed by atoms with Gasteiger partial charge in [0, 0.05) is 5.56 Å². The third-order valence-electron chi connectivity index (χ3n) is 5.67. The molecule has 1 spiro atoms. The minimum atomic E-state index is -0.725. The number of hydrogen-bond donors (Lipinski definition) is 1. The predicted molar refractivity (Wildman–Crippen MR) is 101 cm³/mol. The molecular formula is C21H25N3O3. The van der Waals surface area contributed by atoms with Crippen LogP contribution >= 0.6 is 0 Å². The third kappa shape index (κ3) is 3.36. The largest absolute Gasteiger partial charge is 0.441 e. The second-order valence-electron chi connectivity index (χ2n) is 7.56. The number of carbonyl (C=O) groups excluding carboxylic acids is 2. The van der Waals surface area contributed by atoms with Crippen LogP contribution in [0.1, 0.15) is 56.4 Å². The summed E-state index contributed by atoms with van der Waals surface area (Å²) in [6, 6.07) is 9.30. The number of hydrogen-bond acceptors (Lipinski definition) is 4. The second kappa shape index (κ2) is 7.18. The molecule has 2 heterocycles. The molecule has 1 aliphatic heterocycles. The number of carbonyl (C=O) groups is 2. The molecule has 0 unspecified atom stereocenters. The van der Waals surface area contributed by atoms with Crippen LogP contribution in [0.2, 0.25) is 0 Å². The molecule has 6 heteroatoms. The maximum Gasteiger partial charge on any atom is 0.325 e. The first-order chi connectivity index (χ1) is 13.1. The van der Waals surface area contributed by atoms with E-state index in [0.717, 1.165) is 44.1 Å². The van der Waals surface area contributed by atoms with E-state index < -0.39 is 5.54 Å². The molecule has 3 amide bonds. The molecule has 2 aliphatic rings. The van der Waals surface area contributed by atoms with Gasteiger partial charge in [0.2, 0.25) is 5.89 Å². The van der Waals surface area contributed by atoms with E-state index in [2.05, 4.69) is 10.3 Å². The second-order valence-corrected chi connectivity index (χ2v) is 7.56. The molecule has 1 aromatic heterocycles. The fraction of sp³-hybridized carbons (Fsp3) is 0.476. The summed E-state index contributed by atoms with van der Waals surface area (Å²) in [7, 11) is 0. The molecule has 6 nitrogen and oxygen atoms in total. The van der Waals surface area contributed by atoms with Crippen LogP contribution in [0.4, 0.5) is 4.79 Å². The van der Waals surface area contributed by atoms with Crippen molar-refractivity contribution in [3.8, 4) is 11.5 Å². The van der Waals surface area contributed by atoms with Gasteiger partial charge in [0.1, 0.15) is 17.0 Å². The first-order valence-electron chi connectivity index (χ1n) is 9.75. The van der Waals surface area contributed by atoms with E-state index >= 15 is 0 Å².